The second-order valence-corrected chi connectivity index (χ2v) is 5.97. The number of ether oxygens (including phenoxy) is 1. The standard InChI is InChI=1S/C14H18ClF2NO5/c1-4-5-23-14(20,7-18(21)22)9-6-8(13(2,3)19)11(16)10(15)12(9)17/h6,19-20H,4-5,7H2,1-3H3. The highest BCUT2D eigenvalue weighted by atomic mass is 35.5. The lowest BCUT2D eigenvalue weighted by molar-refractivity contribution is -0.524. The molecular weight excluding hydrogens is 336 g/mol. The highest BCUT2D eigenvalue weighted by Crippen LogP contribution is 2.36. The van der Waals surface area contributed by atoms with Gasteiger partial charge in [0, 0.05) is 10.5 Å². The van der Waals surface area contributed by atoms with Crippen LogP contribution in [0.15, 0.2) is 6.07 Å². The van der Waals surface area contributed by atoms with Gasteiger partial charge >= 0.3 is 0 Å². The van der Waals surface area contributed by atoms with Gasteiger partial charge in [-0.05, 0) is 26.3 Å². The molecule has 6 nitrogen and oxygen atoms in total. The topological polar surface area (TPSA) is 92.8 Å². The zero-order valence-electron chi connectivity index (χ0n) is 12.9. The number of rotatable bonds is 7. The van der Waals surface area contributed by atoms with Crippen LogP contribution in [0.1, 0.15) is 38.3 Å². The molecule has 9 heteroatoms. The van der Waals surface area contributed by atoms with Crippen LogP contribution >= 0.6 is 11.6 Å². The first-order valence-electron chi connectivity index (χ1n) is 6.83. The Bertz CT molecular complexity index is 606. The van der Waals surface area contributed by atoms with Gasteiger partial charge < -0.3 is 14.9 Å². The minimum absolute atomic E-state index is 0.101. The molecule has 0 aliphatic rings. The maximum atomic E-state index is 14.3. The van der Waals surface area contributed by atoms with E-state index in [1.54, 1.807) is 6.92 Å². The van der Waals surface area contributed by atoms with E-state index in [4.69, 9.17) is 16.3 Å². The molecule has 0 aliphatic heterocycles. The molecule has 1 rings (SSSR count). The van der Waals surface area contributed by atoms with Crippen molar-refractivity contribution in [2.45, 2.75) is 38.6 Å². The summed E-state index contributed by atoms with van der Waals surface area (Å²) in [6, 6.07) is 0.787. The SMILES string of the molecule is CCCOC(O)(C[N+](=O)[O-])c1cc(C(C)(C)O)c(F)c(Cl)c1F. The van der Waals surface area contributed by atoms with Crippen LogP contribution in [-0.2, 0) is 16.1 Å². The second-order valence-electron chi connectivity index (χ2n) is 5.60. The van der Waals surface area contributed by atoms with Gasteiger partial charge in [0.15, 0.2) is 11.6 Å². The molecule has 0 bridgehead atoms. The van der Waals surface area contributed by atoms with Crippen molar-refractivity contribution in [3.63, 3.8) is 0 Å². The molecule has 2 N–H and O–H groups in total. The Labute approximate surface area is 136 Å². The molecule has 0 aromatic heterocycles. The number of nitrogens with zero attached hydrogens (tertiary/aromatic N) is 1. The van der Waals surface area contributed by atoms with Crippen LogP contribution in [0.4, 0.5) is 8.78 Å². The minimum atomic E-state index is -2.64. The third-order valence-corrected chi connectivity index (χ3v) is 3.45. The summed E-state index contributed by atoms with van der Waals surface area (Å²) < 4.78 is 33.4. The third kappa shape index (κ3) is 4.35. The fourth-order valence-electron chi connectivity index (χ4n) is 1.99. The Hall–Kier alpha value is -1.35. The van der Waals surface area contributed by atoms with E-state index in [0.29, 0.717) is 6.42 Å². The molecule has 0 radical (unpaired) electrons. The lowest BCUT2D eigenvalue weighted by Gasteiger charge is -2.28. The molecule has 1 aromatic rings. The van der Waals surface area contributed by atoms with Crippen LogP contribution in [-0.4, -0.2) is 28.3 Å². The van der Waals surface area contributed by atoms with Gasteiger partial charge in [-0.1, -0.05) is 18.5 Å². The lowest BCUT2D eigenvalue weighted by Crippen LogP contribution is -2.39. The molecule has 1 unspecified atom stereocenters. The maximum absolute atomic E-state index is 14.3. The Morgan fingerprint density at radius 2 is 1.83 bits per heavy atom. The van der Waals surface area contributed by atoms with E-state index in [1.807, 2.05) is 0 Å². The van der Waals surface area contributed by atoms with Crippen molar-refractivity contribution in [2.24, 2.45) is 0 Å². The molecule has 0 aliphatic carbocycles. The van der Waals surface area contributed by atoms with Gasteiger partial charge in [-0.3, -0.25) is 10.1 Å². The predicted molar refractivity (Wildman–Crippen MR) is 78.6 cm³/mol. The monoisotopic (exact) mass is 353 g/mol. The third-order valence-electron chi connectivity index (χ3n) is 3.12. The zero-order chi connectivity index (χ0) is 18.0. The number of nitro groups is 1. The van der Waals surface area contributed by atoms with Crippen LogP contribution in [0.3, 0.4) is 0 Å². The van der Waals surface area contributed by atoms with E-state index in [2.05, 4.69) is 0 Å². The van der Waals surface area contributed by atoms with Crippen molar-refractivity contribution in [1.29, 1.82) is 0 Å². The first kappa shape index (κ1) is 19.7. The largest absolute Gasteiger partial charge is 0.386 e. The second kappa shape index (κ2) is 7.04. The van der Waals surface area contributed by atoms with E-state index in [9.17, 15) is 29.1 Å². The molecule has 23 heavy (non-hydrogen) atoms. The molecular formula is C14H18ClF2NO5. The highest BCUT2D eigenvalue weighted by Gasteiger charge is 2.42. The molecule has 0 spiro atoms. The molecule has 130 valence electrons. The summed E-state index contributed by atoms with van der Waals surface area (Å²) >= 11 is 5.57. The zero-order valence-corrected chi connectivity index (χ0v) is 13.7. The average molecular weight is 354 g/mol. The molecule has 0 fully saturated rings. The van der Waals surface area contributed by atoms with E-state index in [-0.39, 0.29) is 6.61 Å². The van der Waals surface area contributed by atoms with Crippen LogP contribution < -0.4 is 0 Å². The van der Waals surface area contributed by atoms with Crippen LogP contribution in [0.5, 0.6) is 0 Å². The number of benzene rings is 1. The van der Waals surface area contributed by atoms with Crippen molar-refractivity contribution >= 4 is 11.6 Å². The van der Waals surface area contributed by atoms with Crippen molar-refractivity contribution in [2.75, 3.05) is 13.2 Å². The number of hydrogen-bond acceptors (Lipinski definition) is 5. The fraction of sp³-hybridized carbons (Fsp3) is 0.571. The van der Waals surface area contributed by atoms with Gasteiger partial charge in [0.1, 0.15) is 5.02 Å². The molecule has 1 aromatic carbocycles. The summed E-state index contributed by atoms with van der Waals surface area (Å²) in [4.78, 5) is 9.89. The Balaban J connectivity index is 3.59. The molecule has 0 amide bonds. The van der Waals surface area contributed by atoms with Crippen molar-refractivity contribution in [3.05, 3.63) is 44.0 Å². The van der Waals surface area contributed by atoms with Crippen LogP contribution in [0, 0.1) is 21.7 Å². The lowest BCUT2D eigenvalue weighted by atomic mass is 9.92. The van der Waals surface area contributed by atoms with Crippen molar-refractivity contribution < 1.29 is 28.7 Å². The van der Waals surface area contributed by atoms with Gasteiger partial charge in [-0.25, -0.2) is 8.78 Å². The van der Waals surface area contributed by atoms with Crippen molar-refractivity contribution in [3.8, 4) is 0 Å². The highest BCUT2D eigenvalue weighted by molar-refractivity contribution is 6.31. The summed E-state index contributed by atoms with van der Waals surface area (Å²) in [7, 11) is 0. The normalized spacial score (nSPS) is 14.6. The number of hydrogen-bond donors (Lipinski definition) is 2. The Morgan fingerprint density at radius 3 is 2.26 bits per heavy atom. The Kier molecular flexibility index (Phi) is 6.03. The van der Waals surface area contributed by atoms with E-state index >= 15 is 0 Å². The number of aliphatic hydroxyl groups is 2. The minimum Gasteiger partial charge on any atom is -0.386 e. The fourth-order valence-corrected chi connectivity index (χ4v) is 2.19. The smallest absolute Gasteiger partial charge is 0.262 e. The Morgan fingerprint density at radius 1 is 1.30 bits per heavy atom. The summed E-state index contributed by atoms with van der Waals surface area (Å²) in [6.07, 6.45) is 0.398. The first-order chi connectivity index (χ1) is 10.4. The summed E-state index contributed by atoms with van der Waals surface area (Å²) in [5.41, 5.74) is -2.87. The van der Waals surface area contributed by atoms with Crippen LogP contribution in [0.2, 0.25) is 5.02 Å². The molecule has 0 saturated carbocycles. The molecule has 1 atom stereocenters. The summed E-state index contributed by atoms with van der Waals surface area (Å²) in [5, 5.41) is 30.2. The van der Waals surface area contributed by atoms with E-state index in [0.717, 1.165) is 6.07 Å². The van der Waals surface area contributed by atoms with Gasteiger partial charge in [-0.15, -0.1) is 0 Å². The van der Waals surface area contributed by atoms with Gasteiger partial charge in [-0.2, -0.15) is 0 Å². The molecule has 0 saturated heterocycles. The van der Waals surface area contributed by atoms with Crippen molar-refractivity contribution in [1.82, 2.24) is 0 Å². The quantitative estimate of drug-likeness (QED) is 0.340. The van der Waals surface area contributed by atoms with E-state index in [1.165, 1.54) is 13.8 Å². The maximum Gasteiger partial charge on any atom is 0.262 e. The molecule has 0 heterocycles. The van der Waals surface area contributed by atoms with Gasteiger partial charge in [0.2, 0.25) is 0 Å². The summed E-state index contributed by atoms with van der Waals surface area (Å²) in [5.74, 6) is -5.22. The summed E-state index contributed by atoms with van der Waals surface area (Å²) in [6.45, 7) is 2.86. The van der Waals surface area contributed by atoms with Crippen LogP contribution in [0.25, 0.3) is 0 Å². The first-order valence-corrected chi connectivity index (χ1v) is 7.20. The average Bonchev–Trinajstić information content (AvgIpc) is 2.40. The van der Waals surface area contributed by atoms with Gasteiger partial charge in [0.05, 0.1) is 17.8 Å². The van der Waals surface area contributed by atoms with Gasteiger partial charge in [0.25, 0.3) is 12.3 Å². The number of halogens is 3. The predicted octanol–water partition coefficient (Wildman–Crippen LogP) is 2.69. The van der Waals surface area contributed by atoms with E-state index < -0.39 is 50.6 Å².